The van der Waals surface area contributed by atoms with Crippen molar-refractivity contribution in [1.29, 1.82) is 0 Å². The van der Waals surface area contributed by atoms with Crippen LogP contribution in [0.2, 0.25) is 0 Å². The van der Waals surface area contributed by atoms with Gasteiger partial charge >= 0.3 is 0 Å². The first-order valence-electron chi connectivity index (χ1n) is 11.5. The van der Waals surface area contributed by atoms with Crippen molar-refractivity contribution in [3.63, 3.8) is 0 Å². The van der Waals surface area contributed by atoms with E-state index in [2.05, 4.69) is 25.3 Å². The van der Waals surface area contributed by atoms with E-state index in [1.807, 2.05) is 18.0 Å². The summed E-state index contributed by atoms with van der Waals surface area (Å²) in [5.74, 6) is 1.74. The quantitative estimate of drug-likeness (QED) is 0.772. The summed E-state index contributed by atoms with van der Waals surface area (Å²) in [7, 11) is 0. The van der Waals surface area contributed by atoms with Crippen LogP contribution in [0.25, 0.3) is 0 Å². The van der Waals surface area contributed by atoms with Gasteiger partial charge < -0.3 is 4.90 Å². The van der Waals surface area contributed by atoms with Gasteiger partial charge in [-0.3, -0.25) is 15.4 Å². The summed E-state index contributed by atoms with van der Waals surface area (Å²) in [6.07, 6.45) is 4.74. The van der Waals surface area contributed by atoms with Crippen LogP contribution in [0.15, 0.2) is 40.6 Å². The van der Waals surface area contributed by atoms with Crippen LogP contribution in [0, 0.1) is 30.4 Å². The van der Waals surface area contributed by atoms with Gasteiger partial charge in [0.05, 0.1) is 11.7 Å². The van der Waals surface area contributed by atoms with Crippen LogP contribution in [0.4, 0.5) is 20.3 Å². The van der Waals surface area contributed by atoms with E-state index in [1.165, 1.54) is 12.1 Å². The number of piperidine rings is 1. The highest BCUT2D eigenvalue weighted by Gasteiger charge is 2.44. The van der Waals surface area contributed by atoms with E-state index < -0.39 is 11.6 Å². The largest absolute Gasteiger partial charge is 0.356 e. The molecule has 10 heteroatoms. The van der Waals surface area contributed by atoms with Gasteiger partial charge in [-0.1, -0.05) is 0 Å². The number of guanidine groups is 2. The Morgan fingerprint density at radius 3 is 2.52 bits per heavy atom. The van der Waals surface area contributed by atoms with Gasteiger partial charge in [-0.05, 0) is 50.2 Å². The van der Waals surface area contributed by atoms with Gasteiger partial charge in [0.1, 0.15) is 23.8 Å². The minimum atomic E-state index is -0.618. The fourth-order valence-electron chi connectivity index (χ4n) is 5.50. The van der Waals surface area contributed by atoms with Crippen molar-refractivity contribution in [2.24, 2.45) is 21.8 Å². The minimum Gasteiger partial charge on any atom is -0.356 e. The van der Waals surface area contributed by atoms with Gasteiger partial charge in [-0.25, -0.2) is 28.6 Å². The molecule has 4 aliphatic rings. The lowest BCUT2D eigenvalue weighted by Crippen LogP contribution is -2.46. The lowest BCUT2D eigenvalue weighted by atomic mass is 9.92. The van der Waals surface area contributed by atoms with Crippen molar-refractivity contribution in [1.82, 2.24) is 20.4 Å². The highest BCUT2D eigenvalue weighted by Crippen LogP contribution is 2.40. The number of nitrogens with one attached hydrogen (secondary N) is 1. The van der Waals surface area contributed by atoms with Crippen LogP contribution in [0.1, 0.15) is 25.0 Å². The van der Waals surface area contributed by atoms with E-state index in [0.29, 0.717) is 36.0 Å². The van der Waals surface area contributed by atoms with Gasteiger partial charge in [0, 0.05) is 44.0 Å². The standard InChI is InChI=1S/C23H26F2N8/c1-14-7-20(28-13-27-14)31-11-15-3-4-16(12-31)21(15)29-22-30-32-6-2-5-26-23(32)33(22)19-9-17(24)8-18(25)10-19/h7-10,13,15-16,21H,2-6,11-12H2,1H3,(H,29,30). The molecule has 3 fully saturated rings. The number of hydrogen-bond acceptors (Lipinski definition) is 6. The normalized spacial score (nSPS) is 27.6. The van der Waals surface area contributed by atoms with Crippen LogP contribution in [-0.2, 0) is 0 Å². The average Bonchev–Trinajstić information content (AvgIpc) is 3.25. The lowest BCUT2D eigenvalue weighted by Gasteiger charge is -2.37. The molecule has 4 heterocycles. The second kappa shape index (κ2) is 7.93. The molecule has 8 nitrogen and oxygen atoms in total. The Bertz CT molecular complexity index is 1100. The number of halogens is 2. The molecule has 172 valence electrons. The molecule has 2 bridgehead atoms. The second-order valence-corrected chi connectivity index (χ2v) is 9.23. The first-order chi connectivity index (χ1) is 16.0. The summed E-state index contributed by atoms with van der Waals surface area (Å²) in [5.41, 5.74) is 4.70. The Hall–Kier alpha value is -3.30. The number of rotatable bonds is 3. The van der Waals surface area contributed by atoms with Crippen molar-refractivity contribution in [3.05, 3.63) is 47.9 Å². The maximum absolute atomic E-state index is 14.1. The summed E-state index contributed by atoms with van der Waals surface area (Å²) in [6, 6.07) is 5.70. The minimum absolute atomic E-state index is 0.134. The summed E-state index contributed by atoms with van der Waals surface area (Å²) in [6.45, 7) is 5.19. The third kappa shape index (κ3) is 3.67. The topological polar surface area (TPSA) is 72.2 Å². The van der Waals surface area contributed by atoms with Crippen LogP contribution in [-0.4, -0.2) is 59.1 Å². The third-order valence-corrected chi connectivity index (χ3v) is 6.96. The first-order valence-corrected chi connectivity index (χ1v) is 11.5. The molecule has 1 aliphatic carbocycles. The molecule has 1 aromatic carbocycles. The lowest BCUT2D eigenvalue weighted by molar-refractivity contribution is 0.347. The molecule has 33 heavy (non-hydrogen) atoms. The van der Waals surface area contributed by atoms with Gasteiger partial charge in [0.15, 0.2) is 0 Å². The Morgan fingerprint density at radius 1 is 1.03 bits per heavy atom. The first kappa shape index (κ1) is 20.3. The fraction of sp³-hybridized carbons (Fsp3) is 0.478. The zero-order valence-electron chi connectivity index (χ0n) is 18.5. The Morgan fingerprint density at radius 2 is 1.79 bits per heavy atom. The van der Waals surface area contributed by atoms with E-state index in [9.17, 15) is 8.78 Å². The second-order valence-electron chi connectivity index (χ2n) is 9.23. The number of aliphatic imine (C=N–C) groups is 2. The fourth-order valence-corrected chi connectivity index (χ4v) is 5.50. The number of hydrogen-bond donors (Lipinski definition) is 1. The number of fused-ring (bicyclic) bond motifs is 3. The summed E-state index contributed by atoms with van der Waals surface area (Å²) in [5, 5.41) is 1.92. The van der Waals surface area contributed by atoms with E-state index in [4.69, 9.17) is 4.99 Å². The summed E-state index contributed by atoms with van der Waals surface area (Å²) < 4.78 is 28.1. The van der Waals surface area contributed by atoms with Crippen LogP contribution >= 0.6 is 0 Å². The molecule has 3 aliphatic heterocycles. The number of anilines is 2. The predicted octanol–water partition coefficient (Wildman–Crippen LogP) is 2.72. The molecular weight excluding hydrogens is 426 g/mol. The van der Waals surface area contributed by atoms with Crippen LogP contribution < -0.4 is 15.2 Å². The van der Waals surface area contributed by atoms with Gasteiger partial charge in [-0.15, -0.1) is 0 Å². The summed E-state index contributed by atoms with van der Waals surface area (Å²) >= 11 is 0. The summed E-state index contributed by atoms with van der Waals surface area (Å²) in [4.78, 5) is 22.6. The van der Waals surface area contributed by atoms with Gasteiger partial charge in [0.2, 0.25) is 11.9 Å². The van der Waals surface area contributed by atoms with Crippen molar-refractivity contribution in [3.8, 4) is 0 Å². The SMILES string of the molecule is Cc1cc(N2CC3CCC(C2)C3N=C2NN3CCCN=C3N2c2cc(F)cc(F)c2)ncn1. The molecule has 2 aromatic rings. The number of aromatic nitrogens is 2. The number of nitrogens with zero attached hydrogens (tertiary/aromatic N) is 7. The maximum atomic E-state index is 14.1. The molecule has 0 radical (unpaired) electrons. The van der Waals surface area contributed by atoms with Crippen molar-refractivity contribution >= 4 is 23.4 Å². The van der Waals surface area contributed by atoms with Crippen molar-refractivity contribution in [2.75, 3.05) is 36.0 Å². The number of benzene rings is 1. The zero-order valence-corrected chi connectivity index (χ0v) is 18.5. The van der Waals surface area contributed by atoms with E-state index in [0.717, 1.165) is 56.5 Å². The van der Waals surface area contributed by atoms with Crippen LogP contribution in [0.3, 0.4) is 0 Å². The van der Waals surface area contributed by atoms with E-state index in [-0.39, 0.29) is 6.04 Å². The van der Waals surface area contributed by atoms with Crippen molar-refractivity contribution < 1.29 is 8.78 Å². The van der Waals surface area contributed by atoms with Gasteiger partial charge in [-0.2, -0.15) is 0 Å². The molecular formula is C23H26F2N8. The molecule has 2 atom stereocenters. The molecule has 0 amide bonds. The molecule has 1 N–H and O–H groups in total. The van der Waals surface area contributed by atoms with Gasteiger partial charge in [0.25, 0.3) is 0 Å². The molecule has 0 spiro atoms. The maximum Gasteiger partial charge on any atom is 0.227 e. The highest BCUT2D eigenvalue weighted by molar-refractivity contribution is 6.21. The molecule has 6 rings (SSSR count). The van der Waals surface area contributed by atoms with Crippen molar-refractivity contribution in [2.45, 2.75) is 32.2 Å². The van der Waals surface area contributed by atoms with Crippen LogP contribution in [0.5, 0.6) is 0 Å². The predicted molar refractivity (Wildman–Crippen MR) is 122 cm³/mol. The molecule has 1 aromatic heterocycles. The van der Waals surface area contributed by atoms with E-state index >= 15 is 0 Å². The third-order valence-electron chi connectivity index (χ3n) is 6.96. The average molecular weight is 453 g/mol. The molecule has 2 unspecified atom stereocenters. The molecule has 1 saturated carbocycles. The highest BCUT2D eigenvalue weighted by atomic mass is 19.1. The number of hydrazine groups is 1. The Kier molecular flexibility index (Phi) is 4.88. The Balaban J connectivity index is 1.32. The van der Waals surface area contributed by atoms with E-state index in [1.54, 1.807) is 11.2 Å². The number of aryl methyl sites for hydroxylation is 1. The molecule has 2 saturated heterocycles. The monoisotopic (exact) mass is 452 g/mol. The zero-order chi connectivity index (χ0) is 22.5. The smallest absolute Gasteiger partial charge is 0.227 e. The Labute approximate surface area is 191 Å².